The molecule has 2 atom stereocenters. The molecule has 9 nitrogen and oxygen atoms in total. The molecule has 9 heteroatoms. The summed E-state index contributed by atoms with van der Waals surface area (Å²) in [6.45, 7) is 3.02. The summed E-state index contributed by atoms with van der Waals surface area (Å²) < 4.78 is 5.51. The number of aryl methyl sites for hydroxylation is 1. The van der Waals surface area contributed by atoms with E-state index in [2.05, 4.69) is 30.5 Å². The van der Waals surface area contributed by atoms with Crippen molar-refractivity contribution in [3.63, 3.8) is 0 Å². The van der Waals surface area contributed by atoms with E-state index in [9.17, 15) is 9.59 Å². The van der Waals surface area contributed by atoms with E-state index >= 15 is 0 Å². The molecule has 28 heavy (non-hydrogen) atoms. The fourth-order valence-electron chi connectivity index (χ4n) is 3.23. The Morgan fingerprint density at radius 1 is 1.25 bits per heavy atom. The van der Waals surface area contributed by atoms with Crippen molar-refractivity contribution in [2.45, 2.75) is 25.5 Å². The number of pyridine rings is 1. The van der Waals surface area contributed by atoms with E-state index in [1.165, 1.54) is 13.4 Å². The Morgan fingerprint density at radius 3 is 2.68 bits per heavy atom. The van der Waals surface area contributed by atoms with Crippen molar-refractivity contribution in [2.24, 2.45) is 0 Å². The van der Waals surface area contributed by atoms with Crippen molar-refractivity contribution in [2.75, 3.05) is 32.1 Å². The Labute approximate surface area is 163 Å². The maximum Gasteiger partial charge on any atom is 0.269 e. The molecule has 1 fully saturated rings. The van der Waals surface area contributed by atoms with Crippen molar-refractivity contribution in [1.29, 1.82) is 0 Å². The average molecular weight is 384 g/mol. The van der Waals surface area contributed by atoms with Crippen LogP contribution in [0.1, 0.15) is 33.1 Å². The summed E-state index contributed by atoms with van der Waals surface area (Å²) in [6, 6.07) is 6.74. The van der Waals surface area contributed by atoms with E-state index in [-0.39, 0.29) is 35.3 Å². The lowest BCUT2D eigenvalue weighted by molar-refractivity contribution is 0.0940. The summed E-state index contributed by atoms with van der Waals surface area (Å²) >= 11 is 0. The van der Waals surface area contributed by atoms with Crippen molar-refractivity contribution < 1.29 is 14.3 Å². The summed E-state index contributed by atoms with van der Waals surface area (Å²) in [7, 11) is 3.20. The molecule has 0 radical (unpaired) electrons. The molecule has 0 bridgehead atoms. The Morgan fingerprint density at radius 2 is 2.00 bits per heavy atom. The monoisotopic (exact) mass is 384 g/mol. The topological polar surface area (TPSA) is 109 Å². The number of carbonyl (C=O) groups is 2. The molecule has 1 aliphatic rings. The van der Waals surface area contributed by atoms with Crippen LogP contribution in [0.25, 0.3) is 0 Å². The zero-order chi connectivity index (χ0) is 20.1. The van der Waals surface area contributed by atoms with Gasteiger partial charge in [0.1, 0.15) is 23.5 Å². The lowest BCUT2D eigenvalue weighted by Gasteiger charge is -2.25. The normalized spacial score (nSPS) is 18.8. The number of methoxy groups -OCH3 is 1. The van der Waals surface area contributed by atoms with Crippen LogP contribution in [0.5, 0.6) is 0 Å². The van der Waals surface area contributed by atoms with E-state index in [1.54, 1.807) is 25.3 Å². The first-order chi connectivity index (χ1) is 13.5. The Hall–Kier alpha value is -3.07. The molecule has 2 aromatic heterocycles. The van der Waals surface area contributed by atoms with Crippen LogP contribution in [0.4, 0.5) is 5.82 Å². The highest BCUT2D eigenvalue weighted by Gasteiger charge is 2.33. The third-order valence-electron chi connectivity index (χ3n) is 4.73. The van der Waals surface area contributed by atoms with E-state index in [0.29, 0.717) is 13.1 Å². The Kier molecular flexibility index (Phi) is 6.15. The number of nitrogens with zero attached hydrogens (tertiary/aromatic N) is 4. The van der Waals surface area contributed by atoms with Gasteiger partial charge in [0.15, 0.2) is 0 Å². The van der Waals surface area contributed by atoms with Crippen LogP contribution >= 0.6 is 0 Å². The Bertz CT molecular complexity index is 859. The molecule has 0 aromatic carbocycles. The first kappa shape index (κ1) is 19.7. The first-order valence-corrected chi connectivity index (χ1v) is 9.07. The van der Waals surface area contributed by atoms with E-state index in [4.69, 9.17) is 4.74 Å². The minimum absolute atomic E-state index is 0.0327. The van der Waals surface area contributed by atoms with Gasteiger partial charge in [-0.3, -0.25) is 9.59 Å². The van der Waals surface area contributed by atoms with Gasteiger partial charge in [-0.1, -0.05) is 6.07 Å². The van der Waals surface area contributed by atoms with Gasteiger partial charge in [-0.2, -0.15) is 0 Å². The summed E-state index contributed by atoms with van der Waals surface area (Å²) in [5.74, 6) is 0.148. The largest absolute Gasteiger partial charge is 0.380 e. The molecular formula is C19H24N6O3. The molecule has 0 unspecified atom stereocenters. The molecule has 2 amide bonds. The van der Waals surface area contributed by atoms with Crippen LogP contribution in [0.15, 0.2) is 30.6 Å². The van der Waals surface area contributed by atoms with Crippen molar-refractivity contribution in [1.82, 2.24) is 25.6 Å². The zero-order valence-corrected chi connectivity index (χ0v) is 16.2. The number of anilines is 1. The molecular weight excluding hydrogens is 360 g/mol. The summed E-state index contributed by atoms with van der Waals surface area (Å²) in [5, 5.41) is 5.41. The van der Waals surface area contributed by atoms with Gasteiger partial charge in [-0.05, 0) is 25.5 Å². The van der Waals surface area contributed by atoms with Crippen LogP contribution in [0.2, 0.25) is 0 Å². The molecule has 2 aromatic rings. The fourth-order valence-corrected chi connectivity index (χ4v) is 3.23. The van der Waals surface area contributed by atoms with E-state index in [1.807, 2.05) is 13.0 Å². The predicted molar refractivity (Wildman–Crippen MR) is 103 cm³/mol. The first-order valence-electron chi connectivity index (χ1n) is 9.07. The van der Waals surface area contributed by atoms with Crippen LogP contribution in [-0.2, 0) is 4.74 Å². The summed E-state index contributed by atoms with van der Waals surface area (Å²) in [4.78, 5) is 39.0. The number of ether oxygens (including phenoxy) is 1. The van der Waals surface area contributed by atoms with Crippen molar-refractivity contribution >= 4 is 17.6 Å². The molecule has 0 spiro atoms. The lowest BCUT2D eigenvalue weighted by Crippen LogP contribution is -2.41. The molecule has 1 aliphatic heterocycles. The fraction of sp³-hybridized carbons (Fsp3) is 0.421. The highest BCUT2D eigenvalue weighted by atomic mass is 16.5. The smallest absolute Gasteiger partial charge is 0.269 e. The van der Waals surface area contributed by atoms with E-state index in [0.717, 1.165) is 17.9 Å². The molecule has 2 N–H and O–H groups in total. The molecule has 1 saturated heterocycles. The molecule has 148 valence electrons. The van der Waals surface area contributed by atoms with Crippen molar-refractivity contribution in [3.05, 3.63) is 47.7 Å². The summed E-state index contributed by atoms with van der Waals surface area (Å²) in [5.41, 5.74) is 1.28. The number of amides is 2. The van der Waals surface area contributed by atoms with Gasteiger partial charge >= 0.3 is 0 Å². The number of hydrogen-bond acceptors (Lipinski definition) is 7. The highest BCUT2D eigenvalue weighted by molar-refractivity contribution is 5.96. The second-order valence-electron chi connectivity index (χ2n) is 6.61. The number of nitrogens with one attached hydrogen (secondary N) is 2. The van der Waals surface area contributed by atoms with Crippen LogP contribution in [0.3, 0.4) is 0 Å². The molecule has 0 aliphatic carbocycles. The quantitative estimate of drug-likeness (QED) is 0.749. The predicted octanol–water partition coefficient (Wildman–Crippen LogP) is 0.563. The zero-order valence-electron chi connectivity index (χ0n) is 16.2. The standard InChI is InChI=1S/C19H24N6O3/c1-12-7-17(23-11-22-12)25-10-14(28-3)8-13(25)9-21-19(27)16-6-4-5-15(24-16)18(26)20-2/h4-7,11,13-14H,8-10H2,1-3H3,(H,20,26)(H,21,27)/t13-,14-/m0/s1. The minimum atomic E-state index is -0.335. The number of carbonyl (C=O) groups excluding carboxylic acids is 2. The average Bonchev–Trinajstić information content (AvgIpc) is 3.15. The third-order valence-corrected chi connectivity index (χ3v) is 4.73. The molecule has 3 heterocycles. The second kappa shape index (κ2) is 8.75. The van der Waals surface area contributed by atoms with E-state index < -0.39 is 0 Å². The maximum absolute atomic E-state index is 12.5. The van der Waals surface area contributed by atoms with Crippen LogP contribution in [0, 0.1) is 6.92 Å². The highest BCUT2D eigenvalue weighted by Crippen LogP contribution is 2.25. The maximum atomic E-state index is 12.5. The van der Waals surface area contributed by atoms with Gasteiger partial charge in [0.05, 0.1) is 12.1 Å². The van der Waals surface area contributed by atoms with Gasteiger partial charge in [0.25, 0.3) is 11.8 Å². The van der Waals surface area contributed by atoms with Gasteiger partial charge in [-0.25, -0.2) is 15.0 Å². The van der Waals surface area contributed by atoms with Crippen LogP contribution in [-0.4, -0.2) is 66.2 Å². The lowest BCUT2D eigenvalue weighted by atomic mass is 10.2. The second-order valence-corrected chi connectivity index (χ2v) is 6.61. The Balaban J connectivity index is 1.69. The third kappa shape index (κ3) is 4.42. The molecule has 0 saturated carbocycles. The van der Waals surface area contributed by atoms with Gasteiger partial charge < -0.3 is 20.3 Å². The number of rotatable bonds is 6. The summed E-state index contributed by atoms with van der Waals surface area (Å²) in [6.07, 6.45) is 2.37. The van der Waals surface area contributed by atoms with Gasteiger partial charge in [0.2, 0.25) is 0 Å². The number of aromatic nitrogens is 3. The minimum Gasteiger partial charge on any atom is -0.380 e. The van der Waals surface area contributed by atoms with Crippen molar-refractivity contribution in [3.8, 4) is 0 Å². The van der Waals surface area contributed by atoms with Gasteiger partial charge in [-0.15, -0.1) is 0 Å². The SMILES string of the molecule is CNC(=O)c1cccc(C(=O)NC[C@@H]2C[C@H](OC)CN2c2cc(C)ncn2)n1. The number of hydrogen-bond donors (Lipinski definition) is 2. The molecule has 3 rings (SSSR count). The van der Waals surface area contributed by atoms with Crippen LogP contribution < -0.4 is 15.5 Å². The van der Waals surface area contributed by atoms with Gasteiger partial charge in [0, 0.05) is 39.0 Å².